The van der Waals surface area contributed by atoms with Gasteiger partial charge >= 0.3 is 0 Å². The summed E-state index contributed by atoms with van der Waals surface area (Å²) in [6.07, 6.45) is 1.47. The summed E-state index contributed by atoms with van der Waals surface area (Å²) in [4.78, 5) is 7.31. The van der Waals surface area contributed by atoms with Gasteiger partial charge in [-0.2, -0.15) is 0 Å². The number of hydrogen-bond acceptors (Lipinski definition) is 6. The third-order valence-corrected chi connectivity index (χ3v) is 6.22. The summed E-state index contributed by atoms with van der Waals surface area (Å²) >= 11 is 0. The lowest BCUT2D eigenvalue weighted by molar-refractivity contribution is 0.318. The molecular weight excluding hydrogens is 374 g/mol. The van der Waals surface area contributed by atoms with Crippen LogP contribution in [0.1, 0.15) is 6.92 Å². The van der Waals surface area contributed by atoms with Gasteiger partial charge in [0, 0.05) is 44.4 Å². The lowest BCUT2D eigenvalue weighted by Gasteiger charge is -2.30. The van der Waals surface area contributed by atoms with Crippen LogP contribution < -0.4 is 10.2 Å². The number of para-hydroxylation sites is 1. The molecule has 148 valence electrons. The quantitative estimate of drug-likeness (QED) is 0.704. The van der Waals surface area contributed by atoms with Crippen LogP contribution in [0.5, 0.6) is 0 Å². The van der Waals surface area contributed by atoms with Crippen LogP contribution in [-0.2, 0) is 9.84 Å². The first kappa shape index (κ1) is 20.3. The van der Waals surface area contributed by atoms with Crippen molar-refractivity contribution in [1.82, 2.24) is 10.3 Å². The van der Waals surface area contributed by atoms with E-state index in [0.717, 1.165) is 42.8 Å². The molecule has 1 fully saturated rings. The number of benzene rings is 2. The van der Waals surface area contributed by atoms with E-state index in [1.54, 1.807) is 43.3 Å². The number of hydrogen-bond donors (Lipinski definition) is 2. The molecule has 7 heteroatoms. The number of anilines is 1. The van der Waals surface area contributed by atoms with Crippen molar-refractivity contribution >= 4 is 26.4 Å². The molecule has 0 bridgehead atoms. The van der Waals surface area contributed by atoms with E-state index >= 15 is 0 Å². The van der Waals surface area contributed by atoms with E-state index < -0.39 is 9.84 Å². The number of aromatic nitrogens is 1. The van der Waals surface area contributed by atoms with Crippen LogP contribution >= 0.6 is 0 Å². The van der Waals surface area contributed by atoms with Crippen molar-refractivity contribution in [3.05, 3.63) is 60.8 Å². The van der Waals surface area contributed by atoms with Crippen LogP contribution in [0.15, 0.2) is 70.6 Å². The second-order valence-electron chi connectivity index (χ2n) is 6.39. The van der Waals surface area contributed by atoms with E-state index in [-0.39, 0.29) is 16.4 Å². The van der Waals surface area contributed by atoms with Crippen molar-refractivity contribution < 1.29 is 13.5 Å². The van der Waals surface area contributed by atoms with Crippen molar-refractivity contribution in [3.63, 3.8) is 0 Å². The molecule has 1 aromatic heterocycles. The molecule has 1 saturated heterocycles. The summed E-state index contributed by atoms with van der Waals surface area (Å²) in [6, 6.07) is 16.1. The molecule has 28 heavy (non-hydrogen) atoms. The van der Waals surface area contributed by atoms with Crippen LogP contribution in [0, 0.1) is 0 Å². The average molecular weight is 400 g/mol. The molecule has 0 amide bonds. The van der Waals surface area contributed by atoms with E-state index in [1.165, 1.54) is 6.20 Å². The van der Waals surface area contributed by atoms with Crippen molar-refractivity contribution in [2.75, 3.05) is 37.7 Å². The average Bonchev–Trinajstić information content (AvgIpc) is 2.75. The molecule has 2 aromatic carbocycles. The van der Waals surface area contributed by atoms with Crippen molar-refractivity contribution in [2.45, 2.75) is 16.7 Å². The summed E-state index contributed by atoms with van der Waals surface area (Å²) in [5.74, 6) is 0. The number of sulfone groups is 1. The van der Waals surface area contributed by atoms with Gasteiger partial charge in [0.1, 0.15) is 0 Å². The Kier molecular flexibility index (Phi) is 6.61. The van der Waals surface area contributed by atoms with Gasteiger partial charge in [0.15, 0.2) is 0 Å². The maximum Gasteiger partial charge on any atom is 0.208 e. The predicted molar refractivity (Wildman–Crippen MR) is 111 cm³/mol. The first-order valence-corrected chi connectivity index (χ1v) is 10.8. The largest absolute Gasteiger partial charge is 0.397 e. The molecular formula is C21H25N3O3S. The van der Waals surface area contributed by atoms with E-state index in [9.17, 15) is 8.42 Å². The Labute approximate surface area is 165 Å². The van der Waals surface area contributed by atoms with Crippen LogP contribution in [0.25, 0.3) is 10.9 Å². The van der Waals surface area contributed by atoms with Crippen LogP contribution in [0.3, 0.4) is 0 Å². The van der Waals surface area contributed by atoms with E-state index in [1.807, 2.05) is 18.2 Å². The van der Waals surface area contributed by atoms with Crippen molar-refractivity contribution in [2.24, 2.45) is 0 Å². The van der Waals surface area contributed by atoms with Crippen molar-refractivity contribution in [3.8, 4) is 0 Å². The molecule has 6 nitrogen and oxygen atoms in total. The third-order valence-electron chi connectivity index (χ3n) is 4.49. The first-order chi connectivity index (χ1) is 13.6. The standard InChI is InChI=1S/C19H19N3O2S.C2H6O/c23-25(24,16-6-2-1-3-7-16)17-13-15-5-4-8-18(19(15)21-14-17)22-11-9-20-10-12-22;1-2-3/h1-8,13-14,20H,9-12H2;3H,2H2,1H3. The second-order valence-corrected chi connectivity index (χ2v) is 8.34. The molecule has 0 spiro atoms. The van der Waals surface area contributed by atoms with Gasteiger partial charge in [0.25, 0.3) is 0 Å². The Morgan fingerprint density at radius 1 is 1.04 bits per heavy atom. The molecule has 1 aliphatic heterocycles. The summed E-state index contributed by atoms with van der Waals surface area (Å²) in [6.45, 7) is 5.66. The van der Waals surface area contributed by atoms with Gasteiger partial charge in [0.2, 0.25) is 9.84 Å². The first-order valence-electron chi connectivity index (χ1n) is 9.33. The van der Waals surface area contributed by atoms with Gasteiger partial charge in [-0.25, -0.2) is 8.42 Å². The molecule has 0 saturated carbocycles. The molecule has 0 aliphatic carbocycles. The monoisotopic (exact) mass is 399 g/mol. The van der Waals surface area contributed by atoms with Gasteiger partial charge < -0.3 is 15.3 Å². The highest BCUT2D eigenvalue weighted by atomic mass is 32.2. The number of rotatable bonds is 3. The summed E-state index contributed by atoms with van der Waals surface area (Å²) < 4.78 is 25.6. The van der Waals surface area contributed by atoms with E-state index in [4.69, 9.17) is 5.11 Å². The smallest absolute Gasteiger partial charge is 0.208 e. The number of nitrogens with zero attached hydrogens (tertiary/aromatic N) is 2. The molecule has 0 radical (unpaired) electrons. The minimum absolute atomic E-state index is 0.226. The summed E-state index contributed by atoms with van der Waals surface area (Å²) in [5.41, 5.74) is 1.90. The fourth-order valence-electron chi connectivity index (χ4n) is 3.17. The zero-order valence-corrected chi connectivity index (χ0v) is 16.7. The Bertz CT molecular complexity index is 1020. The number of piperazine rings is 1. The highest BCUT2D eigenvalue weighted by molar-refractivity contribution is 7.91. The summed E-state index contributed by atoms with van der Waals surface area (Å²) in [5, 5.41) is 11.7. The Hall–Kier alpha value is -2.48. The molecule has 0 unspecified atom stereocenters. The van der Waals surface area contributed by atoms with Gasteiger partial charge in [0.05, 0.1) is 21.0 Å². The maximum atomic E-state index is 12.8. The van der Waals surface area contributed by atoms with Crippen LogP contribution in [-0.4, -0.2) is 51.3 Å². The highest BCUT2D eigenvalue weighted by Gasteiger charge is 2.20. The van der Waals surface area contributed by atoms with Gasteiger partial charge in [-0.15, -0.1) is 0 Å². The predicted octanol–water partition coefficient (Wildman–Crippen LogP) is 2.48. The molecule has 0 atom stereocenters. The molecule has 3 aromatic rings. The zero-order chi connectivity index (χ0) is 20.0. The van der Waals surface area contributed by atoms with E-state index in [0.29, 0.717) is 0 Å². The number of aliphatic hydroxyl groups excluding tert-OH is 1. The van der Waals surface area contributed by atoms with Gasteiger partial charge in [-0.1, -0.05) is 30.3 Å². The molecule has 2 heterocycles. The number of pyridine rings is 1. The van der Waals surface area contributed by atoms with Gasteiger partial charge in [-0.3, -0.25) is 4.98 Å². The van der Waals surface area contributed by atoms with Crippen LogP contribution in [0.4, 0.5) is 5.69 Å². The van der Waals surface area contributed by atoms with Crippen molar-refractivity contribution in [1.29, 1.82) is 0 Å². The number of fused-ring (bicyclic) bond motifs is 1. The lowest BCUT2D eigenvalue weighted by Crippen LogP contribution is -2.43. The Morgan fingerprint density at radius 2 is 1.71 bits per heavy atom. The fraction of sp³-hybridized carbons (Fsp3) is 0.286. The Morgan fingerprint density at radius 3 is 2.39 bits per heavy atom. The summed E-state index contributed by atoms with van der Waals surface area (Å²) in [7, 11) is -3.55. The Balaban J connectivity index is 0.000000706. The molecule has 2 N–H and O–H groups in total. The normalized spacial score (nSPS) is 14.4. The van der Waals surface area contributed by atoms with Crippen LogP contribution in [0.2, 0.25) is 0 Å². The highest BCUT2D eigenvalue weighted by Crippen LogP contribution is 2.28. The van der Waals surface area contributed by atoms with E-state index in [2.05, 4.69) is 15.2 Å². The van der Waals surface area contributed by atoms with Gasteiger partial charge in [-0.05, 0) is 31.2 Å². The number of nitrogens with one attached hydrogen (secondary N) is 1. The molecule has 1 aliphatic rings. The number of aliphatic hydroxyl groups is 1. The maximum absolute atomic E-state index is 12.8. The minimum atomic E-state index is -3.55. The minimum Gasteiger partial charge on any atom is -0.397 e. The topological polar surface area (TPSA) is 82.5 Å². The SMILES string of the molecule is CCO.O=S(=O)(c1ccccc1)c1cnc2c(N3CCNCC3)cccc2c1. The zero-order valence-electron chi connectivity index (χ0n) is 15.9. The third kappa shape index (κ3) is 4.32. The lowest BCUT2D eigenvalue weighted by atomic mass is 10.1. The second kappa shape index (κ2) is 9.14. The fourth-order valence-corrected chi connectivity index (χ4v) is 4.43. The molecule has 4 rings (SSSR count).